The first kappa shape index (κ1) is 10.8. The molecule has 0 unspecified atom stereocenters. The Morgan fingerprint density at radius 3 is 2.42 bits per heavy atom. The van der Waals surface area contributed by atoms with Crippen LogP contribution in [-0.2, 0) is 11.3 Å². The Hall–Kier alpha value is -1.22. The Balaban J connectivity index is 0.00000121. The van der Waals surface area contributed by atoms with E-state index in [-0.39, 0.29) is 19.0 Å². The van der Waals surface area contributed by atoms with E-state index in [1.165, 1.54) is 0 Å². The quantitative estimate of drug-likeness (QED) is 0.615. The van der Waals surface area contributed by atoms with Crippen molar-refractivity contribution < 1.29 is 27.0 Å². The van der Waals surface area contributed by atoms with Crippen LogP contribution in [0, 0.1) is 12.4 Å². The van der Waals surface area contributed by atoms with Crippen LogP contribution in [0.5, 0.6) is 0 Å². The molecule has 0 aliphatic heterocycles. The molecule has 0 heterocycles. The molecule has 4 heteroatoms. The molecular formula is C8H9ClO3. The van der Waals surface area contributed by atoms with Crippen molar-refractivity contribution >= 4 is 6.16 Å². The second kappa shape index (κ2) is 5.43. The number of carboxylic acid groups (broad SMARTS) is 1. The number of ether oxygens (including phenoxy) is 1. The van der Waals surface area contributed by atoms with Gasteiger partial charge < -0.3 is 14.6 Å². The van der Waals surface area contributed by atoms with Gasteiger partial charge in [0.25, 0.3) is 6.16 Å². The van der Waals surface area contributed by atoms with Crippen molar-refractivity contribution in [3.8, 4) is 0 Å². The minimum Gasteiger partial charge on any atom is -0.545 e. The van der Waals surface area contributed by atoms with Gasteiger partial charge in [0, 0.05) is 0 Å². The number of carbonyl (C=O) groups is 1. The summed E-state index contributed by atoms with van der Waals surface area (Å²) >= 11 is 0. The molecule has 0 aromatic heterocycles. The van der Waals surface area contributed by atoms with Gasteiger partial charge in [-0.1, -0.05) is 30.3 Å². The summed E-state index contributed by atoms with van der Waals surface area (Å²) in [5.74, 6) is 0. The SMILES string of the molecule is O=C([O-])OCc1ccccc1.[ClH2+]. The fraction of sp³-hybridized carbons (Fsp3) is 0.125. The molecule has 0 radical (unpaired) electrons. The zero-order chi connectivity index (χ0) is 8.10. The normalized spacial score (nSPS) is 8.33. The van der Waals surface area contributed by atoms with Gasteiger partial charge in [-0.25, -0.2) is 0 Å². The molecule has 1 aromatic carbocycles. The summed E-state index contributed by atoms with van der Waals surface area (Å²) in [6.45, 7) is 0.0587. The summed E-state index contributed by atoms with van der Waals surface area (Å²) in [5, 5.41) is 9.84. The van der Waals surface area contributed by atoms with Crippen LogP contribution in [0.25, 0.3) is 0 Å². The average molecular weight is 189 g/mol. The van der Waals surface area contributed by atoms with E-state index in [2.05, 4.69) is 4.74 Å². The number of benzene rings is 1. The van der Waals surface area contributed by atoms with E-state index in [1.807, 2.05) is 18.2 Å². The molecular weight excluding hydrogens is 180 g/mol. The maximum absolute atomic E-state index is 9.84. The summed E-state index contributed by atoms with van der Waals surface area (Å²) in [4.78, 5) is 9.84. The van der Waals surface area contributed by atoms with Crippen molar-refractivity contribution in [2.45, 2.75) is 6.61 Å². The van der Waals surface area contributed by atoms with Gasteiger partial charge in [-0.15, -0.1) is 0 Å². The van der Waals surface area contributed by atoms with Gasteiger partial charge in [0.2, 0.25) is 0 Å². The molecule has 0 saturated heterocycles. The highest BCUT2D eigenvalue weighted by atomic mass is 35.5. The van der Waals surface area contributed by atoms with Crippen molar-refractivity contribution in [1.82, 2.24) is 0 Å². The second-order valence-corrected chi connectivity index (χ2v) is 2.02. The minimum absolute atomic E-state index is 0. The van der Waals surface area contributed by atoms with Gasteiger partial charge in [0.05, 0.1) is 19.0 Å². The average Bonchev–Trinajstić information content (AvgIpc) is 2.03. The number of hydrogen-bond acceptors (Lipinski definition) is 3. The monoisotopic (exact) mass is 188 g/mol. The van der Waals surface area contributed by atoms with E-state index >= 15 is 0 Å². The predicted molar refractivity (Wildman–Crippen MR) is 39.4 cm³/mol. The molecule has 1 rings (SSSR count). The number of halogens is 1. The first-order chi connectivity index (χ1) is 5.29. The van der Waals surface area contributed by atoms with Crippen molar-refractivity contribution in [1.29, 1.82) is 0 Å². The molecule has 1 aromatic rings. The lowest BCUT2D eigenvalue weighted by Crippen LogP contribution is -2.23. The van der Waals surface area contributed by atoms with Gasteiger partial charge in [-0.3, -0.25) is 0 Å². The van der Waals surface area contributed by atoms with E-state index in [0.717, 1.165) is 5.56 Å². The third-order valence-corrected chi connectivity index (χ3v) is 1.20. The topological polar surface area (TPSA) is 49.4 Å². The number of rotatable bonds is 2. The Morgan fingerprint density at radius 2 is 1.92 bits per heavy atom. The largest absolute Gasteiger partial charge is 0.545 e. The molecule has 12 heavy (non-hydrogen) atoms. The minimum atomic E-state index is -1.49. The van der Waals surface area contributed by atoms with E-state index in [1.54, 1.807) is 12.1 Å². The summed E-state index contributed by atoms with van der Waals surface area (Å²) in [6.07, 6.45) is -1.49. The fourth-order valence-electron chi connectivity index (χ4n) is 0.716. The van der Waals surface area contributed by atoms with Crippen LogP contribution >= 0.6 is 0 Å². The van der Waals surface area contributed by atoms with Crippen LogP contribution < -0.4 is 5.11 Å². The van der Waals surface area contributed by atoms with E-state index < -0.39 is 6.16 Å². The number of hydrogen-bond donors (Lipinski definition) is 0. The number of carbonyl (C=O) groups excluding carboxylic acids is 1. The van der Waals surface area contributed by atoms with E-state index in [0.29, 0.717) is 0 Å². The Labute approximate surface area is 76.4 Å². The van der Waals surface area contributed by atoms with Gasteiger partial charge in [0.15, 0.2) is 0 Å². The third-order valence-electron chi connectivity index (χ3n) is 1.20. The van der Waals surface area contributed by atoms with Gasteiger partial charge in [0.1, 0.15) is 0 Å². The maximum atomic E-state index is 9.84. The van der Waals surface area contributed by atoms with Crippen molar-refractivity contribution in [3.05, 3.63) is 35.9 Å². The smallest absolute Gasteiger partial charge is 0.252 e. The first-order valence-corrected chi connectivity index (χ1v) is 3.17. The molecule has 66 valence electrons. The third kappa shape index (κ3) is 3.83. The molecule has 0 bridgehead atoms. The highest BCUT2D eigenvalue weighted by Crippen LogP contribution is 1.99. The lowest BCUT2D eigenvalue weighted by Gasteiger charge is -2.06. The molecule has 3 nitrogen and oxygen atoms in total. The second-order valence-electron chi connectivity index (χ2n) is 2.02. The Bertz CT molecular complexity index is 235. The van der Waals surface area contributed by atoms with Gasteiger partial charge >= 0.3 is 0 Å². The lowest BCUT2D eigenvalue weighted by atomic mass is 10.2. The molecule has 0 aliphatic carbocycles. The zero-order valence-electron chi connectivity index (χ0n) is 6.27. The van der Waals surface area contributed by atoms with Crippen molar-refractivity contribution in [2.24, 2.45) is 0 Å². The molecule has 0 saturated carbocycles. The van der Waals surface area contributed by atoms with Crippen molar-refractivity contribution in [3.63, 3.8) is 0 Å². The molecule has 0 N–H and O–H groups in total. The van der Waals surface area contributed by atoms with Crippen molar-refractivity contribution in [2.75, 3.05) is 0 Å². The standard InChI is InChI=1S/C8H8O3.ClH2/c9-8(10)11-6-7-4-2-1-3-5-7;/h1-5H,6H2,(H,9,10);1H2/q;+1/p-1. The lowest BCUT2D eigenvalue weighted by molar-refractivity contribution is -0.284. The van der Waals surface area contributed by atoms with Crippen LogP contribution in [0.4, 0.5) is 4.79 Å². The van der Waals surface area contributed by atoms with Gasteiger partial charge in [-0.2, -0.15) is 0 Å². The molecule has 0 aliphatic rings. The Kier molecular flexibility index (Phi) is 4.88. The van der Waals surface area contributed by atoms with E-state index in [4.69, 9.17) is 0 Å². The van der Waals surface area contributed by atoms with Gasteiger partial charge in [-0.05, 0) is 5.56 Å². The highest BCUT2D eigenvalue weighted by Gasteiger charge is 1.87. The van der Waals surface area contributed by atoms with Crippen LogP contribution in [-0.4, -0.2) is 6.16 Å². The van der Waals surface area contributed by atoms with Crippen LogP contribution in [0.2, 0.25) is 0 Å². The first-order valence-electron chi connectivity index (χ1n) is 3.17. The van der Waals surface area contributed by atoms with E-state index in [9.17, 15) is 9.90 Å². The Morgan fingerprint density at radius 1 is 1.33 bits per heavy atom. The summed E-state index contributed by atoms with van der Waals surface area (Å²) < 4.78 is 4.23. The zero-order valence-corrected chi connectivity index (χ0v) is 7.16. The summed E-state index contributed by atoms with van der Waals surface area (Å²) in [5.41, 5.74) is 0.816. The van der Waals surface area contributed by atoms with Crippen LogP contribution in [0.1, 0.15) is 5.56 Å². The predicted octanol–water partition coefficient (Wildman–Crippen LogP) is 0.0111. The molecule has 0 fully saturated rings. The molecule has 0 spiro atoms. The van der Waals surface area contributed by atoms with Crippen LogP contribution in [0.3, 0.4) is 0 Å². The maximum Gasteiger partial charge on any atom is 0.252 e. The molecule has 0 atom stereocenters. The highest BCUT2D eigenvalue weighted by molar-refractivity contribution is 5.54. The fourth-order valence-corrected chi connectivity index (χ4v) is 0.716. The molecule has 0 amide bonds. The summed E-state index contributed by atoms with van der Waals surface area (Å²) in [6, 6.07) is 9.04. The van der Waals surface area contributed by atoms with Crippen LogP contribution in [0.15, 0.2) is 30.3 Å². The summed E-state index contributed by atoms with van der Waals surface area (Å²) in [7, 11) is 0.